The van der Waals surface area contributed by atoms with Crippen LogP contribution in [0.4, 0.5) is 11.6 Å². The Morgan fingerprint density at radius 2 is 1.83 bits per heavy atom. The first kappa shape index (κ1) is 24.2. The highest BCUT2D eigenvalue weighted by Gasteiger charge is 2.34. The van der Waals surface area contributed by atoms with Gasteiger partial charge in [0.1, 0.15) is 6.04 Å². The average molecular weight is 516 g/mol. The second-order valence-electron chi connectivity index (χ2n) is 8.83. The van der Waals surface area contributed by atoms with Gasteiger partial charge in [-0.25, -0.2) is 4.68 Å². The van der Waals surface area contributed by atoms with E-state index >= 15 is 0 Å². The second kappa shape index (κ2) is 10.2. The molecule has 1 amide bonds. The fraction of sp³-hybridized carbons (Fsp3) is 0.179. The highest BCUT2D eigenvalue weighted by atomic mass is 35.5. The Morgan fingerprint density at radius 3 is 2.58 bits per heavy atom. The number of nitrogens with one attached hydrogen (secondary N) is 2. The first-order valence-corrected chi connectivity index (χ1v) is 13.0. The van der Waals surface area contributed by atoms with Crippen LogP contribution in [0.2, 0.25) is 5.02 Å². The molecule has 1 aliphatic rings. The minimum absolute atomic E-state index is 0.190. The summed E-state index contributed by atoms with van der Waals surface area (Å²) in [5, 5.41) is 12.5. The molecule has 1 atom stereocenters. The van der Waals surface area contributed by atoms with E-state index in [9.17, 15) is 4.79 Å². The lowest BCUT2D eigenvalue weighted by atomic mass is 9.95. The Labute approximate surface area is 219 Å². The third kappa shape index (κ3) is 5.03. The van der Waals surface area contributed by atoms with Gasteiger partial charge in [0, 0.05) is 22.2 Å². The number of hydrogen-bond donors (Lipinski definition) is 2. The molecule has 0 saturated heterocycles. The number of amides is 1. The molecule has 0 saturated carbocycles. The van der Waals surface area contributed by atoms with E-state index in [1.54, 1.807) is 16.4 Å². The van der Waals surface area contributed by atoms with Gasteiger partial charge in [0.2, 0.25) is 11.1 Å². The lowest BCUT2D eigenvalue weighted by Crippen LogP contribution is -2.31. The molecule has 3 aromatic carbocycles. The van der Waals surface area contributed by atoms with E-state index < -0.39 is 6.04 Å². The Kier molecular flexibility index (Phi) is 6.85. The lowest BCUT2D eigenvalue weighted by Gasteiger charge is -2.28. The molecular formula is C28H26ClN5OS. The van der Waals surface area contributed by atoms with Gasteiger partial charge in [0.25, 0.3) is 5.91 Å². The maximum Gasteiger partial charge on any atom is 0.255 e. The van der Waals surface area contributed by atoms with Gasteiger partial charge < -0.3 is 10.6 Å². The summed E-state index contributed by atoms with van der Waals surface area (Å²) in [5.74, 6) is 1.17. The molecule has 0 unspecified atom stereocenters. The summed E-state index contributed by atoms with van der Waals surface area (Å²) in [6.07, 6.45) is 0. The lowest BCUT2D eigenvalue weighted by molar-refractivity contribution is -0.113. The van der Waals surface area contributed by atoms with Crippen LogP contribution in [0.1, 0.15) is 35.2 Å². The first-order valence-electron chi connectivity index (χ1n) is 11.6. The van der Waals surface area contributed by atoms with Crippen molar-refractivity contribution in [3.05, 3.63) is 111 Å². The zero-order valence-electron chi connectivity index (χ0n) is 20.2. The predicted octanol–water partition coefficient (Wildman–Crippen LogP) is 6.77. The van der Waals surface area contributed by atoms with E-state index in [1.165, 1.54) is 11.1 Å². The minimum atomic E-state index is -0.455. The Balaban J connectivity index is 1.49. The van der Waals surface area contributed by atoms with Crippen molar-refractivity contribution in [3.8, 4) is 0 Å². The van der Waals surface area contributed by atoms with Gasteiger partial charge in [-0.1, -0.05) is 83.5 Å². The topological polar surface area (TPSA) is 71.8 Å². The van der Waals surface area contributed by atoms with E-state index in [1.807, 2.05) is 62.4 Å². The average Bonchev–Trinajstić information content (AvgIpc) is 3.26. The Bertz CT molecular complexity index is 1460. The van der Waals surface area contributed by atoms with E-state index in [-0.39, 0.29) is 5.91 Å². The van der Waals surface area contributed by atoms with Gasteiger partial charge in [-0.15, -0.1) is 5.10 Å². The Morgan fingerprint density at radius 1 is 1.06 bits per heavy atom. The van der Waals surface area contributed by atoms with Crippen LogP contribution in [0, 0.1) is 13.8 Å². The Hall–Kier alpha value is -3.55. The molecule has 182 valence electrons. The number of rotatable bonds is 6. The molecule has 0 fully saturated rings. The highest BCUT2D eigenvalue weighted by molar-refractivity contribution is 7.98. The molecule has 0 bridgehead atoms. The molecule has 6 nitrogen and oxygen atoms in total. The molecule has 1 aromatic heterocycles. The summed E-state index contributed by atoms with van der Waals surface area (Å²) < 4.78 is 1.79. The van der Waals surface area contributed by atoms with Crippen molar-refractivity contribution in [2.24, 2.45) is 0 Å². The highest BCUT2D eigenvalue weighted by Crippen LogP contribution is 2.37. The van der Waals surface area contributed by atoms with Crippen molar-refractivity contribution in [2.75, 3.05) is 10.6 Å². The van der Waals surface area contributed by atoms with E-state index in [0.29, 0.717) is 21.7 Å². The zero-order chi connectivity index (χ0) is 25.2. The number of aryl methyl sites for hydroxylation is 2. The molecule has 0 radical (unpaired) electrons. The molecular weight excluding hydrogens is 490 g/mol. The monoisotopic (exact) mass is 515 g/mol. The fourth-order valence-electron chi connectivity index (χ4n) is 4.29. The third-order valence-corrected chi connectivity index (χ3v) is 7.27. The molecule has 8 heteroatoms. The second-order valence-corrected chi connectivity index (χ2v) is 10.2. The summed E-state index contributed by atoms with van der Waals surface area (Å²) in [7, 11) is 0. The van der Waals surface area contributed by atoms with Crippen molar-refractivity contribution in [1.29, 1.82) is 0 Å². The van der Waals surface area contributed by atoms with Crippen LogP contribution >= 0.6 is 23.4 Å². The minimum Gasteiger partial charge on any atom is -0.328 e. The molecule has 5 rings (SSSR count). The summed E-state index contributed by atoms with van der Waals surface area (Å²) in [6, 6.07) is 23.2. The van der Waals surface area contributed by atoms with Crippen LogP contribution in [0.5, 0.6) is 0 Å². The number of hydrogen-bond acceptors (Lipinski definition) is 5. The van der Waals surface area contributed by atoms with Gasteiger partial charge in [-0.05, 0) is 55.7 Å². The number of carbonyl (C=O) groups excluding carboxylic acids is 1. The summed E-state index contributed by atoms with van der Waals surface area (Å²) in [6.45, 7) is 5.95. The molecule has 36 heavy (non-hydrogen) atoms. The van der Waals surface area contributed by atoms with Crippen LogP contribution < -0.4 is 10.6 Å². The largest absolute Gasteiger partial charge is 0.328 e. The number of thioether (sulfide) groups is 1. The normalized spacial score (nSPS) is 14.8. The van der Waals surface area contributed by atoms with Gasteiger partial charge in [0.15, 0.2) is 0 Å². The summed E-state index contributed by atoms with van der Waals surface area (Å²) >= 11 is 7.74. The van der Waals surface area contributed by atoms with Gasteiger partial charge in [0.05, 0.1) is 5.57 Å². The van der Waals surface area contributed by atoms with E-state index in [2.05, 4.69) is 41.8 Å². The van der Waals surface area contributed by atoms with Crippen molar-refractivity contribution in [1.82, 2.24) is 14.8 Å². The smallest absolute Gasteiger partial charge is 0.255 e. The van der Waals surface area contributed by atoms with E-state index in [4.69, 9.17) is 21.7 Å². The van der Waals surface area contributed by atoms with Gasteiger partial charge >= 0.3 is 0 Å². The van der Waals surface area contributed by atoms with Crippen molar-refractivity contribution in [3.63, 3.8) is 0 Å². The van der Waals surface area contributed by atoms with Crippen molar-refractivity contribution >= 4 is 40.9 Å². The quantitative estimate of drug-likeness (QED) is 0.277. The van der Waals surface area contributed by atoms with Crippen LogP contribution in [-0.2, 0) is 10.5 Å². The molecule has 0 aliphatic carbocycles. The van der Waals surface area contributed by atoms with Crippen LogP contribution in [0.3, 0.4) is 0 Å². The predicted molar refractivity (Wildman–Crippen MR) is 146 cm³/mol. The van der Waals surface area contributed by atoms with Gasteiger partial charge in [-0.2, -0.15) is 4.98 Å². The molecule has 4 aromatic rings. The SMILES string of the molecule is CC1=C(C(=O)Nc2ccccc2C)[C@@H](c2ccc(Cl)cc2)n2nc(SCc3cccc(C)c3)nc2N1. The third-order valence-electron chi connectivity index (χ3n) is 6.11. The maximum atomic E-state index is 13.6. The van der Waals surface area contributed by atoms with Crippen LogP contribution in [0.25, 0.3) is 0 Å². The number of allylic oxidation sites excluding steroid dienone is 1. The molecule has 2 heterocycles. The maximum absolute atomic E-state index is 13.6. The summed E-state index contributed by atoms with van der Waals surface area (Å²) in [5.41, 5.74) is 6.41. The fourth-order valence-corrected chi connectivity index (χ4v) is 5.19. The number of para-hydroxylation sites is 1. The zero-order valence-corrected chi connectivity index (χ0v) is 21.8. The number of halogens is 1. The number of nitrogens with zero attached hydrogens (tertiary/aromatic N) is 3. The van der Waals surface area contributed by atoms with Crippen LogP contribution in [-0.4, -0.2) is 20.7 Å². The number of benzene rings is 3. The molecule has 0 spiro atoms. The number of fused-ring (bicyclic) bond motifs is 1. The summed E-state index contributed by atoms with van der Waals surface area (Å²) in [4.78, 5) is 18.4. The molecule has 2 N–H and O–H groups in total. The molecule has 1 aliphatic heterocycles. The number of anilines is 2. The van der Waals surface area contributed by atoms with Crippen molar-refractivity contribution < 1.29 is 4.79 Å². The number of aromatic nitrogens is 3. The van der Waals surface area contributed by atoms with Crippen molar-refractivity contribution in [2.45, 2.75) is 37.7 Å². The van der Waals surface area contributed by atoms with Gasteiger partial charge in [-0.3, -0.25) is 4.79 Å². The number of carbonyl (C=O) groups is 1. The van der Waals surface area contributed by atoms with E-state index in [0.717, 1.165) is 28.3 Å². The first-order chi connectivity index (χ1) is 17.4. The standard InChI is InChI=1S/C28H26ClN5OS/c1-17-7-6-9-20(15-17)16-36-28-32-27-30-19(3)24(26(35)31-23-10-5-4-8-18(23)2)25(34(27)33-28)21-11-13-22(29)14-12-21/h4-15,25H,16H2,1-3H3,(H,31,35)(H,30,32,33)/t25-/m1/s1. The van der Waals surface area contributed by atoms with Crippen LogP contribution in [0.15, 0.2) is 89.2 Å².